The fourth-order valence-corrected chi connectivity index (χ4v) is 3.72. The van der Waals surface area contributed by atoms with Crippen LogP contribution in [0.4, 0.5) is 5.69 Å². The molecule has 1 atom stereocenters. The van der Waals surface area contributed by atoms with Gasteiger partial charge in [0, 0.05) is 28.9 Å². The molecule has 3 aromatic rings. The highest BCUT2D eigenvalue weighted by atomic mass is 32.1. The minimum absolute atomic E-state index is 0.178. The Balaban J connectivity index is 1.68. The van der Waals surface area contributed by atoms with Crippen LogP contribution in [0.15, 0.2) is 47.8 Å². The van der Waals surface area contributed by atoms with Gasteiger partial charge >= 0.3 is 11.8 Å². The van der Waals surface area contributed by atoms with E-state index in [4.69, 9.17) is 4.74 Å². The quantitative estimate of drug-likeness (QED) is 0.625. The molecule has 146 valence electrons. The maximum absolute atomic E-state index is 12.3. The molecule has 0 saturated heterocycles. The second-order valence-electron chi connectivity index (χ2n) is 6.30. The van der Waals surface area contributed by atoms with Gasteiger partial charge in [0.1, 0.15) is 11.8 Å². The maximum atomic E-state index is 12.3. The van der Waals surface area contributed by atoms with Crippen LogP contribution >= 0.6 is 11.3 Å². The fourth-order valence-electron chi connectivity index (χ4n) is 2.91. The average molecular weight is 398 g/mol. The second kappa shape index (κ2) is 8.71. The van der Waals surface area contributed by atoms with Gasteiger partial charge < -0.3 is 15.4 Å². The van der Waals surface area contributed by atoms with E-state index in [-0.39, 0.29) is 12.6 Å². The number of aromatic nitrogens is 2. The molecule has 3 rings (SSSR count). The summed E-state index contributed by atoms with van der Waals surface area (Å²) in [4.78, 5) is 25.6. The van der Waals surface area contributed by atoms with Crippen LogP contribution in [0.1, 0.15) is 22.3 Å². The number of ether oxygens (including phenoxy) is 1. The number of thiophene rings is 1. The third kappa shape index (κ3) is 4.58. The lowest BCUT2D eigenvalue weighted by molar-refractivity contribution is -0.136. The summed E-state index contributed by atoms with van der Waals surface area (Å²) in [6, 6.07) is 12.6. The summed E-state index contributed by atoms with van der Waals surface area (Å²) < 4.78 is 7.00. The summed E-state index contributed by atoms with van der Waals surface area (Å²) in [5.41, 5.74) is 2.39. The summed E-state index contributed by atoms with van der Waals surface area (Å²) in [6.45, 7) is 4.15. The predicted octanol–water partition coefficient (Wildman–Crippen LogP) is 2.91. The second-order valence-corrected chi connectivity index (χ2v) is 7.28. The van der Waals surface area contributed by atoms with E-state index in [9.17, 15) is 9.59 Å². The highest BCUT2D eigenvalue weighted by molar-refractivity contribution is 7.10. The van der Waals surface area contributed by atoms with Gasteiger partial charge in [-0.1, -0.05) is 12.1 Å². The van der Waals surface area contributed by atoms with E-state index in [0.717, 1.165) is 16.3 Å². The zero-order chi connectivity index (χ0) is 20.1. The molecular weight excluding hydrogens is 376 g/mol. The van der Waals surface area contributed by atoms with Crippen LogP contribution in [0.3, 0.4) is 0 Å². The Bertz CT molecular complexity index is 966. The molecule has 0 fully saturated rings. The van der Waals surface area contributed by atoms with Crippen molar-refractivity contribution in [3.63, 3.8) is 0 Å². The first-order valence-electron chi connectivity index (χ1n) is 8.77. The number of amides is 2. The average Bonchev–Trinajstić information content (AvgIpc) is 3.32. The standard InChI is InChI=1S/C20H22N4O3S/c1-13-10-14(2)24(23-13)17(18-8-5-9-28-18)12-21-19(25)20(26)22-15-6-4-7-16(11-15)27-3/h4-11,17H,12H2,1-3H3,(H,21,25)(H,22,26). The zero-order valence-electron chi connectivity index (χ0n) is 15.9. The Kier molecular flexibility index (Phi) is 6.10. The van der Waals surface area contributed by atoms with E-state index < -0.39 is 11.8 Å². The highest BCUT2D eigenvalue weighted by Gasteiger charge is 2.21. The summed E-state index contributed by atoms with van der Waals surface area (Å²) in [5.74, 6) is -0.835. The van der Waals surface area contributed by atoms with Crippen molar-refractivity contribution in [1.82, 2.24) is 15.1 Å². The number of anilines is 1. The van der Waals surface area contributed by atoms with Gasteiger partial charge in [0.15, 0.2) is 0 Å². The molecule has 0 saturated carbocycles. The van der Waals surface area contributed by atoms with Crippen LogP contribution in [-0.2, 0) is 9.59 Å². The number of carbonyl (C=O) groups is 2. The van der Waals surface area contributed by atoms with E-state index >= 15 is 0 Å². The van der Waals surface area contributed by atoms with Crippen molar-refractivity contribution in [2.75, 3.05) is 19.0 Å². The number of nitrogens with one attached hydrogen (secondary N) is 2. The Morgan fingerprint density at radius 1 is 1.18 bits per heavy atom. The first-order valence-corrected chi connectivity index (χ1v) is 9.65. The molecule has 2 heterocycles. The van der Waals surface area contributed by atoms with E-state index in [1.54, 1.807) is 35.6 Å². The summed E-state index contributed by atoms with van der Waals surface area (Å²) in [6.07, 6.45) is 0. The van der Waals surface area contributed by atoms with Gasteiger partial charge in [0.05, 0.1) is 12.8 Å². The molecule has 0 radical (unpaired) electrons. The maximum Gasteiger partial charge on any atom is 0.313 e. The molecule has 8 heteroatoms. The topological polar surface area (TPSA) is 85.2 Å². The number of hydrogen-bond donors (Lipinski definition) is 2. The normalized spacial score (nSPS) is 11.7. The smallest absolute Gasteiger partial charge is 0.313 e. The lowest BCUT2D eigenvalue weighted by Crippen LogP contribution is -2.39. The van der Waals surface area contributed by atoms with Gasteiger partial charge in [0.25, 0.3) is 0 Å². The van der Waals surface area contributed by atoms with Gasteiger partial charge in [-0.05, 0) is 43.5 Å². The van der Waals surface area contributed by atoms with Crippen molar-refractivity contribution in [1.29, 1.82) is 0 Å². The molecular formula is C20H22N4O3S. The molecule has 0 bridgehead atoms. The first-order chi connectivity index (χ1) is 13.5. The molecule has 2 N–H and O–H groups in total. The number of methoxy groups -OCH3 is 1. The monoisotopic (exact) mass is 398 g/mol. The molecule has 2 aromatic heterocycles. The predicted molar refractivity (Wildman–Crippen MR) is 109 cm³/mol. The lowest BCUT2D eigenvalue weighted by atomic mass is 10.2. The van der Waals surface area contributed by atoms with E-state index in [1.807, 2.05) is 42.1 Å². The van der Waals surface area contributed by atoms with Crippen LogP contribution in [-0.4, -0.2) is 35.2 Å². The van der Waals surface area contributed by atoms with Gasteiger partial charge in [-0.2, -0.15) is 5.10 Å². The van der Waals surface area contributed by atoms with Crippen molar-refractivity contribution in [2.24, 2.45) is 0 Å². The minimum atomic E-state index is -0.730. The third-order valence-electron chi connectivity index (χ3n) is 4.20. The van der Waals surface area contributed by atoms with Gasteiger partial charge in [-0.15, -0.1) is 11.3 Å². The molecule has 2 amide bonds. The molecule has 0 aliphatic heterocycles. The zero-order valence-corrected chi connectivity index (χ0v) is 16.7. The number of nitrogens with zero attached hydrogens (tertiary/aromatic N) is 2. The van der Waals surface area contributed by atoms with Gasteiger partial charge in [-0.3, -0.25) is 14.3 Å². The van der Waals surface area contributed by atoms with Crippen molar-refractivity contribution < 1.29 is 14.3 Å². The molecule has 1 aromatic carbocycles. The van der Waals surface area contributed by atoms with Crippen LogP contribution in [0, 0.1) is 13.8 Å². The molecule has 0 aliphatic rings. The van der Waals surface area contributed by atoms with Gasteiger partial charge in [-0.25, -0.2) is 0 Å². The van der Waals surface area contributed by atoms with E-state index in [2.05, 4.69) is 15.7 Å². The Labute approximate surface area is 167 Å². The Hall–Kier alpha value is -3.13. The number of aryl methyl sites for hydroxylation is 2. The van der Waals surface area contributed by atoms with Crippen LogP contribution in [0.2, 0.25) is 0 Å². The Morgan fingerprint density at radius 2 is 2.00 bits per heavy atom. The van der Waals surface area contributed by atoms with Crippen LogP contribution in [0.25, 0.3) is 0 Å². The molecule has 7 nitrogen and oxygen atoms in total. The van der Waals surface area contributed by atoms with Crippen LogP contribution < -0.4 is 15.4 Å². The van der Waals surface area contributed by atoms with Crippen molar-refractivity contribution >= 4 is 28.8 Å². The molecule has 0 spiro atoms. The number of hydrogen-bond acceptors (Lipinski definition) is 5. The largest absolute Gasteiger partial charge is 0.497 e. The number of benzene rings is 1. The van der Waals surface area contributed by atoms with Crippen molar-refractivity contribution in [2.45, 2.75) is 19.9 Å². The SMILES string of the molecule is COc1cccc(NC(=O)C(=O)NCC(c2cccs2)n2nc(C)cc2C)c1. The minimum Gasteiger partial charge on any atom is -0.497 e. The summed E-state index contributed by atoms with van der Waals surface area (Å²) in [7, 11) is 1.54. The lowest BCUT2D eigenvalue weighted by Gasteiger charge is -2.18. The van der Waals surface area contributed by atoms with E-state index in [1.165, 1.54) is 7.11 Å². The summed E-state index contributed by atoms with van der Waals surface area (Å²) >= 11 is 1.58. The number of rotatable bonds is 6. The molecule has 0 aliphatic carbocycles. The molecule has 1 unspecified atom stereocenters. The first kappa shape index (κ1) is 19.6. The third-order valence-corrected chi connectivity index (χ3v) is 5.17. The van der Waals surface area contributed by atoms with E-state index in [0.29, 0.717) is 11.4 Å². The summed E-state index contributed by atoms with van der Waals surface area (Å²) in [5, 5.41) is 11.8. The van der Waals surface area contributed by atoms with Crippen molar-refractivity contribution in [3.8, 4) is 5.75 Å². The number of carbonyl (C=O) groups excluding carboxylic acids is 2. The van der Waals surface area contributed by atoms with Gasteiger partial charge in [0.2, 0.25) is 0 Å². The fraction of sp³-hybridized carbons (Fsp3) is 0.250. The molecule has 28 heavy (non-hydrogen) atoms. The van der Waals surface area contributed by atoms with Crippen molar-refractivity contribution in [3.05, 3.63) is 64.1 Å². The van der Waals surface area contributed by atoms with Crippen LogP contribution in [0.5, 0.6) is 5.75 Å². The Morgan fingerprint density at radius 3 is 2.64 bits per heavy atom. The highest BCUT2D eigenvalue weighted by Crippen LogP contribution is 2.24.